The van der Waals surface area contributed by atoms with Crippen LogP contribution in [0.25, 0.3) is 0 Å². The third kappa shape index (κ3) is 4.40. The molecule has 2 aromatic rings. The highest BCUT2D eigenvalue weighted by Crippen LogP contribution is 2.33. The topological polar surface area (TPSA) is 41.6 Å². The molecule has 4 heteroatoms. The number of carbonyl (C=O) groups is 1. The van der Waals surface area contributed by atoms with Gasteiger partial charge in [0, 0.05) is 6.04 Å². The number of ether oxygens (including phenoxy) is 1. The molecule has 2 aromatic carbocycles. The van der Waals surface area contributed by atoms with E-state index < -0.39 is 0 Å². The molecule has 1 heterocycles. The molecule has 132 valence electrons. The van der Waals surface area contributed by atoms with Crippen molar-refractivity contribution in [3.05, 3.63) is 65.7 Å². The molecule has 1 N–H and O–H groups in total. The van der Waals surface area contributed by atoms with Crippen LogP contribution in [0.2, 0.25) is 0 Å². The molecule has 1 aliphatic heterocycles. The Balaban J connectivity index is 1.62. The first-order valence-corrected chi connectivity index (χ1v) is 8.89. The summed E-state index contributed by atoms with van der Waals surface area (Å²) >= 11 is 0. The van der Waals surface area contributed by atoms with Crippen LogP contribution in [0.3, 0.4) is 0 Å². The number of likely N-dealkylation sites (tertiary alicyclic amines) is 1. The number of amides is 1. The van der Waals surface area contributed by atoms with Crippen molar-refractivity contribution in [3.8, 4) is 5.75 Å². The van der Waals surface area contributed by atoms with E-state index in [-0.39, 0.29) is 18.0 Å². The van der Waals surface area contributed by atoms with E-state index in [0.29, 0.717) is 6.54 Å². The molecule has 3 rings (SSSR count). The third-order valence-electron chi connectivity index (χ3n) is 4.87. The Morgan fingerprint density at radius 3 is 2.80 bits per heavy atom. The van der Waals surface area contributed by atoms with Crippen molar-refractivity contribution in [2.24, 2.45) is 0 Å². The van der Waals surface area contributed by atoms with E-state index in [1.165, 1.54) is 5.56 Å². The van der Waals surface area contributed by atoms with Crippen molar-refractivity contribution in [1.29, 1.82) is 0 Å². The number of carbonyl (C=O) groups excluding carboxylic acids is 1. The lowest BCUT2D eigenvalue weighted by molar-refractivity contribution is -0.123. The van der Waals surface area contributed by atoms with Crippen molar-refractivity contribution in [3.63, 3.8) is 0 Å². The number of hydrogen-bond donors (Lipinski definition) is 1. The van der Waals surface area contributed by atoms with Crippen LogP contribution in [0, 0.1) is 0 Å². The van der Waals surface area contributed by atoms with Crippen LogP contribution < -0.4 is 10.1 Å². The lowest BCUT2D eigenvalue weighted by Crippen LogP contribution is -2.38. The Bertz CT molecular complexity index is 702. The molecule has 25 heavy (non-hydrogen) atoms. The predicted octanol–water partition coefficient (Wildman–Crippen LogP) is 3.71. The molecule has 1 fully saturated rings. The van der Waals surface area contributed by atoms with Crippen LogP contribution in [-0.4, -0.2) is 31.0 Å². The minimum atomic E-state index is 0.0200. The van der Waals surface area contributed by atoms with Crippen LogP contribution in [0.1, 0.15) is 43.0 Å². The van der Waals surface area contributed by atoms with E-state index in [1.807, 2.05) is 49.4 Å². The van der Waals surface area contributed by atoms with Crippen LogP contribution in [-0.2, 0) is 4.79 Å². The zero-order valence-corrected chi connectivity index (χ0v) is 14.9. The van der Waals surface area contributed by atoms with Gasteiger partial charge in [0.05, 0.1) is 19.7 Å². The summed E-state index contributed by atoms with van der Waals surface area (Å²) in [6, 6.07) is 18.5. The molecule has 1 aliphatic rings. The van der Waals surface area contributed by atoms with Crippen LogP contribution in [0.4, 0.5) is 0 Å². The number of nitrogens with zero attached hydrogens (tertiary/aromatic N) is 1. The van der Waals surface area contributed by atoms with Gasteiger partial charge in [-0.3, -0.25) is 9.69 Å². The number of hydrogen-bond acceptors (Lipinski definition) is 3. The van der Waals surface area contributed by atoms with E-state index in [2.05, 4.69) is 22.3 Å². The molecule has 0 bridgehead atoms. The quantitative estimate of drug-likeness (QED) is 0.873. The zero-order chi connectivity index (χ0) is 17.6. The minimum Gasteiger partial charge on any atom is -0.497 e. The fourth-order valence-electron chi connectivity index (χ4n) is 3.54. The minimum absolute atomic E-state index is 0.0200. The van der Waals surface area contributed by atoms with Crippen LogP contribution in [0.15, 0.2) is 54.6 Å². The SMILES string of the molecule is COc1cccc([C@H]2CCCN2CC(=O)N[C@H](C)c2ccccc2)c1. The first-order valence-electron chi connectivity index (χ1n) is 8.89. The molecule has 1 amide bonds. The van der Waals surface area contributed by atoms with Gasteiger partial charge in [0.1, 0.15) is 5.75 Å². The second-order valence-corrected chi connectivity index (χ2v) is 6.61. The van der Waals surface area contributed by atoms with Crippen LogP contribution in [0.5, 0.6) is 5.75 Å². The van der Waals surface area contributed by atoms with E-state index in [4.69, 9.17) is 4.74 Å². The smallest absolute Gasteiger partial charge is 0.234 e. The number of rotatable bonds is 6. The van der Waals surface area contributed by atoms with E-state index in [1.54, 1.807) is 7.11 Å². The maximum atomic E-state index is 12.5. The van der Waals surface area contributed by atoms with Gasteiger partial charge < -0.3 is 10.1 Å². The third-order valence-corrected chi connectivity index (χ3v) is 4.87. The monoisotopic (exact) mass is 338 g/mol. The zero-order valence-electron chi connectivity index (χ0n) is 14.9. The summed E-state index contributed by atoms with van der Waals surface area (Å²) in [5.41, 5.74) is 2.35. The van der Waals surface area contributed by atoms with Gasteiger partial charge in [-0.25, -0.2) is 0 Å². The molecule has 0 aromatic heterocycles. The maximum absolute atomic E-state index is 12.5. The van der Waals surface area contributed by atoms with Crippen molar-refractivity contribution in [2.75, 3.05) is 20.2 Å². The summed E-state index contributed by atoms with van der Waals surface area (Å²) in [6.07, 6.45) is 2.19. The molecule has 0 radical (unpaired) electrons. The highest BCUT2D eigenvalue weighted by Gasteiger charge is 2.28. The molecule has 0 unspecified atom stereocenters. The normalized spacial score (nSPS) is 18.7. The molecule has 1 saturated heterocycles. The van der Waals surface area contributed by atoms with Crippen molar-refractivity contribution in [1.82, 2.24) is 10.2 Å². The first-order chi connectivity index (χ1) is 12.2. The summed E-state index contributed by atoms with van der Waals surface area (Å²) in [4.78, 5) is 14.8. The summed E-state index contributed by atoms with van der Waals surface area (Å²) in [5.74, 6) is 0.942. The summed E-state index contributed by atoms with van der Waals surface area (Å²) in [7, 11) is 1.68. The second-order valence-electron chi connectivity index (χ2n) is 6.61. The molecule has 2 atom stereocenters. The van der Waals surface area contributed by atoms with Gasteiger partial charge in [-0.2, -0.15) is 0 Å². The first kappa shape index (κ1) is 17.5. The predicted molar refractivity (Wildman–Crippen MR) is 99.5 cm³/mol. The Morgan fingerprint density at radius 2 is 2.04 bits per heavy atom. The maximum Gasteiger partial charge on any atom is 0.234 e. The Morgan fingerprint density at radius 1 is 1.24 bits per heavy atom. The Hall–Kier alpha value is -2.33. The lowest BCUT2D eigenvalue weighted by Gasteiger charge is -2.25. The van der Waals surface area contributed by atoms with Crippen molar-refractivity contribution >= 4 is 5.91 Å². The van der Waals surface area contributed by atoms with Gasteiger partial charge in [-0.15, -0.1) is 0 Å². The van der Waals surface area contributed by atoms with Gasteiger partial charge >= 0.3 is 0 Å². The van der Waals surface area contributed by atoms with Crippen LogP contribution >= 0.6 is 0 Å². The molecular formula is C21H26N2O2. The van der Waals surface area contributed by atoms with Gasteiger partial charge in [0.2, 0.25) is 5.91 Å². The molecular weight excluding hydrogens is 312 g/mol. The highest BCUT2D eigenvalue weighted by molar-refractivity contribution is 5.78. The summed E-state index contributed by atoms with van der Waals surface area (Å²) < 4.78 is 5.33. The number of nitrogens with one attached hydrogen (secondary N) is 1. The molecule has 0 saturated carbocycles. The van der Waals surface area contributed by atoms with Gasteiger partial charge in [0.15, 0.2) is 0 Å². The Labute approximate surface area is 149 Å². The fourth-order valence-corrected chi connectivity index (χ4v) is 3.54. The number of benzene rings is 2. The fraction of sp³-hybridized carbons (Fsp3) is 0.381. The average molecular weight is 338 g/mol. The summed E-state index contributed by atoms with van der Waals surface area (Å²) in [6.45, 7) is 3.41. The average Bonchev–Trinajstić information content (AvgIpc) is 3.10. The van der Waals surface area contributed by atoms with E-state index >= 15 is 0 Å². The van der Waals surface area contributed by atoms with Gasteiger partial charge in [-0.1, -0.05) is 42.5 Å². The second kappa shape index (κ2) is 8.17. The van der Waals surface area contributed by atoms with Crippen molar-refractivity contribution < 1.29 is 9.53 Å². The standard InChI is InChI=1S/C21H26N2O2/c1-16(17-8-4-3-5-9-17)22-21(24)15-23-13-7-12-20(23)18-10-6-11-19(14-18)25-2/h3-6,8-11,14,16,20H,7,12-13,15H2,1-2H3,(H,22,24)/t16-,20-/m1/s1. The summed E-state index contributed by atoms with van der Waals surface area (Å²) in [5, 5.41) is 3.11. The van der Waals surface area contributed by atoms with E-state index in [9.17, 15) is 4.79 Å². The lowest BCUT2D eigenvalue weighted by atomic mass is 10.0. The molecule has 4 nitrogen and oxygen atoms in total. The molecule has 0 spiro atoms. The van der Waals surface area contributed by atoms with Crippen molar-refractivity contribution in [2.45, 2.75) is 31.8 Å². The number of methoxy groups -OCH3 is 1. The Kier molecular flexibility index (Phi) is 5.71. The largest absolute Gasteiger partial charge is 0.497 e. The van der Waals surface area contributed by atoms with Gasteiger partial charge in [0.25, 0.3) is 0 Å². The van der Waals surface area contributed by atoms with Gasteiger partial charge in [-0.05, 0) is 49.6 Å². The molecule has 0 aliphatic carbocycles. The highest BCUT2D eigenvalue weighted by atomic mass is 16.5. The van der Waals surface area contributed by atoms with E-state index in [0.717, 1.165) is 30.7 Å².